The highest BCUT2D eigenvalue weighted by Crippen LogP contribution is 2.48. The van der Waals surface area contributed by atoms with Crippen LogP contribution in [0.3, 0.4) is 0 Å². The van der Waals surface area contributed by atoms with Crippen molar-refractivity contribution in [2.45, 2.75) is 56.5 Å². The van der Waals surface area contributed by atoms with E-state index in [0.717, 1.165) is 37.6 Å². The predicted octanol–water partition coefficient (Wildman–Crippen LogP) is 6.82. The van der Waals surface area contributed by atoms with Crippen molar-refractivity contribution < 1.29 is 31.1 Å². The van der Waals surface area contributed by atoms with Crippen LogP contribution in [0.2, 0.25) is 0 Å². The molecule has 0 radical (unpaired) electrons. The van der Waals surface area contributed by atoms with Crippen LogP contribution in [-0.4, -0.2) is 58.9 Å². The average Bonchev–Trinajstić information content (AvgIpc) is 3.60. The number of nitriles is 1. The lowest BCUT2D eigenvalue weighted by Gasteiger charge is -2.40. The summed E-state index contributed by atoms with van der Waals surface area (Å²) in [6.45, 7) is 3.42. The molecule has 7 rings (SSSR count). The molecule has 44 heavy (non-hydrogen) atoms. The van der Waals surface area contributed by atoms with E-state index in [2.05, 4.69) is 9.97 Å². The smallest absolute Gasteiger partial charge is 0.417 e. The van der Waals surface area contributed by atoms with Gasteiger partial charge in [0.1, 0.15) is 41.0 Å². The van der Waals surface area contributed by atoms with Crippen LogP contribution in [0.5, 0.6) is 6.01 Å². The number of hydrogen-bond donors (Lipinski definition) is 1. The first-order chi connectivity index (χ1) is 20.9. The van der Waals surface area contributed by atoms with Gasteiger partial charge in [-0.1, -0.05) is 6.07 Å². The molecule has 230 valence electrons. The molecule has 2 aromatic carbocycles. The van der Waals surface area contributed by atoms with Crippen molar-refractivity contribution in [2.75, 3.05) is 36.9 Å². The summed E-state index contributed by atoms with van der Waals surface area (Å²) in [7, 11) is 0. The summed E-state index contributed by atoms with van der Waals surface area (Å²) in [6.07, 6.45) is -3.44. The number of nitrogens with two attached hydrogens (primary N) is 1. The number of hydrogen-bond acceptors (Lipinski definition) is 8. The monoisotopic (exact) mass is 632 g/mol. The number of benzene rings is 2. The number of fused-ring (bicyclic) bond motifs is 3. The van der Waals surface area contributed by atoms with Gasteiger partial charge < -0.3 is 15.4 Å². The third kappa shape index (κ3) is 4.34. The number of rotatable bonds is 5. The SMILES string of the molecule is C[C@H]1CCN1c1nc(OC[C@@]23CCCN2C[C@H](F)C3)nc2c(F)c(-c3ccc(F)c4sc(N)c(C#N)c34)c(C(F)(F)F)cc12. The lowest BCUT2D eigenvalue weighted by atomic mass is 9.92. The zero-order chi connectivity index (χ0) is 31.1. The van der Waals surface area contributed by atoms with Crippen molar-refractivity contribution in [1.29, 1.82) is 5.26 Å². The van der Waals surface area contributed by atoms with E-state index in [4.69, 9.17) is 10.5 Å². The third-order valence-corrected chi connectivity index (χ3v) is 10.2. The number of ether oxygens (including phenoxy) is 1. The maximum Gasteiger partial charge on any atom is 0.417 e. The Morgan fingerprint density at radius 2 is 2.02 bits per heavy atom. The van der Waals surface area contributed by atoms with Gasteiger partial charge in [-0.05, 0) is 50.4 Å². The fraction of sp³-hybridized carbons (Fsp3) is 0.433. The van der Waals surface area contributed by atoms with Crippen LogP contribution in [0.15, 0.2) is 18.2 Å². The number of nitrogen functional groups attached to an aromatic ring is 1. The van der Waals surface area contributed by atoms with Crippen LogP contribution in [0.25, 0.3) is 32.1 Å². The van der Waals surface area contributed by atoms with E-state index < -0.39 is 46.2 Å². The van der Waals surface area contributed by atoms with Crippen LogP contribution >= 0.6 is 11.3 Å². The molecule has 0 amide bonds. The van der Waals surface area contributed by atoms with E-state index in [1.165, 1.54) is 0 Å². The van der Waals surface area contributed by atoms with E-state index in [1.54, 1.807) is 4.90 Å². The molecule has 7 nitrogen and oxygen atoms in total. The van der Waals surface area contributed by atoms with Crippen LogP contribution in [0.4, 0.5) is 37.2 Å². The quantitative estimate of drug-likeness (QED) is 0.242. The predicted molar refractivity (Wildman–Crippen MR) is 154 cm³/mol. The second kappa shape index (κ2) is 10.1. The Labute approximate surface area is 251 Å². The first-order valence-electron chi connectivity index (χ1n) is 14.2. The van der Waals surface area contributed by atoms with Gasteiger partial charge in [0.25, 0.3) is 0 Å². The summed E-state index contributed by atoms with van der Waals surface area (Å²) in [5.41, 5.74) is 2.16. The van der Waals surface area contributed by atoms with E-state index in [1.807, 2.05) is 17.9 Å². The van der Waals surface area contributed by atoms with Crippen molar-refractivity contribution in [1.82, 2.24) is 14.9 Å². The van der Waals surface area contributed by atoms with Gasteiger partial charge in [-0.15, -0.1) is 11.3 Å². The van der Waals surface area contributed by atoms with E-state index in [-0.39, 0.29) is 62.5 Å². The number of nitrogens with zero attached hydrogens (tertiary/aromatic N) is 5. The Bertz CT molecular complexity index is 1870. The molecule has 2 aromatic heterocycles. The molecule has 3 aliphatic rings. The minimum absolute atomic E-state index is 0.0430. The molecule has 2 N–H and O–H groups in total. The highest BCUT2D eigenvalue weighted by atomic mass is 32.1. The minimum Gasteiger partial charge on any atom is -0.461 e. The zero-order valence-corrected chi connectivity index (χ0v) is 24.3. The van der Waals surface area contributed by atoms with Crippen molar-refractivity contribution >= 4 is 43.1 Å². The first-order valence-corrected chi connectivity index (χ1v) is 15.0. The van der Waals surface area contributed by atoms with Crippen LogP contribution in [-0.2, 0) is 6.18 Å². The fourth-order valence-electron chi connectivity index (χ4n) is 6.95. The van der Waals surface area contributed by atoms with Crippen LogP contribution in [0, 0.1) is 23.0 Å². The third-order valence-electron chi connectivity index (χ3n) is 9.22. The van der Waals surface area contributed by atoms with Gasteiger partial charge in [0.05, 0.1) is 21.4 Å². The van der Waals surface area contributed by atoms with Crippen molar-refractivity contribution in [3.63, 3.8) is 0 Å². The summed E-state index contributed by atoms with van der Waals surface area (Å²) < 4.78 is 95.8. The van der Waals surface area contributed by atoms with E-state index in [9.17, 15) is 27.2 Å². The average molecular weight is 633 g/mol. The molecular formula is C30H26F6N6OS. The highest BCUT2D eigenvalue weighted by molar-refractivity contribution is 7.23. The summed E-state index contributed by atoms with van der Waals surface area (Å²) in [6, 6.07) is 4.25. The van der Waals surface area contributed by atoms with Crippen molar-refractivity contribution in [2.24, 2.45) is 0 Å². The van der Waals surface area contributed by atoms with Gasteiger partial charge in [0.15, 0.2) is 5.82 Å². The normalized spacial score (nSPS) is 23.7. The van der Waals surface area contributed by atoms with Gasteiger partial charge >= 0.3 is 12.2 Å². The maximum atomic E-state index is 16.7. The summed E-state index contributed by atoms with van der Waals surface area (Å²) in [5, 5.41) is 9.26. The summed E-state index contributed by atoms with van der Waals surface area (Å²) in [5.74, 6) is -2.02. The minimum atomic E-state index is -5.04. The Kier molecular flexibility index (Phi) is 6.64. The summed E-state index contributed by atoms with van der Waals surface area (Å²) >= 11 is 0.701. The summed E-state index contributed by atoms with van der Waals surface area (Å²) in [4.78, 5) is 12.5. The lowest BCUT2D eigenvalue weighted by molar-refractivity contribution is -0.137. The number of alkyl halides is 4. The molecule has 0 aliphatic carbocycles. The molecule has 3 atom stereocenters. The molecule has 0 saturated carbocycles. The van der Waals surface area contributed by atoms with Gasteiger partial charge in [0.2, 0.25) is 0 Å². The number of thiophene rings is 1. The number of halogens is 6. The molecule has 14 heteroatoms. The largest absolute Gasteiger partial charge is 0.461 e. The Hall–Kier alpha value is -3.83. The molecule has 3 fully saturated rings. The Morgan fingerprint density at radius 1 is 1.23 bits per heavy atom. The zero-order valence-electron chi connectivity index (χ0n) is 23.4. The van der Waals surface area contributed by atoms with Crippen LogP contribution in [0.1, 0.15) is 43.7 Å². The standard InChI is InChI=1S/C30H26F6N6OS/c1-14-5-8-42(14)27-17-9-19(30(34,35)36)22(16-3-4-20(32)25-21(16)18(11-37)26(38)44-25)23(33)24(17)39-28(40-27)43-13-29-6-2-7-41(29)12-15(31)10-29/h3-4,9,14-15H,2,5-8,10,12-13,38H2,1H3/t14-,15+,29-/m0/s1. The number of aromatic nitrogens is 2. The molecule has 4 aromatic rings. The van der Waals surface area contributed by atoms with Gasteiger partial charge in [-0.2, -0.15) is 28.4 Å². The van der Waals surface area contributed by atoms with Gasteiger partial charge in [-0.25, -0.2) is 13.2 Å². The highest BCUT2D eigenvalue weighted by Gasteiger charge is 2.49. The lowest BCUT2D eigenvalue weighted by Crippen LogP contribution is -2.46. The molecule has 3 saturated heterocycles. The second-order valence-corrected chi connectivity index (χ2v) is 12.8. The van der Waals surface area contributed by atoms with E-state index in [0.29, 0.717) is 30.8 Å². The number of anilines is 2. The topological polar surface area (TPSA) is 91.3 Å². The molecule has 5 heterocycles. The first kappa shape index (κ1) is 28.9. The van der Waals surface area contributed by atoms with Crippen molar-refractivity contribution in [3.05, 3.63) is 41.0 Å². The fourth-order valence-corrected chi connectivity index (χ4v) is 7.90. The van der Waals surface area contributed by atoms with Gasteiger partial charge in [-0.3, -0.25) is 4.90 Å². The van der Waals surface area contributed by atoms with Crippen LogP contribution < -0.4 is 15.4 Å². The molecular weight excluding hydrogens is 606 g/mol. The molecule has 3 aliphatic heterocycles. The Balaban J connectivity index is 1.45. The van der Waals surface area contributed by atoms with Crippen molar-refractivity contribution in [3.8, 4) is 23.2 Å². The van der Waals surface area contributed by atoms with E-state index >= 15 is 4.39 Å². The maximum absolute atomic E-state index is 16.7. The molecule has 0 spiro atoms. The molecule has 0 bridgehead atoms. The Morgan fingerprint density at radius 3 is 2.70 bits per heavy atom. The molecule has 0 unspecified atom stereocenters. The van der Waals surface area contributed by atoms with Gasteiger partial charge in [0, 0.05) is 41.9 Å². The second-order valence-electron chi connectivity index (χ2n) is 11.8.